The van der Waals surface area contributed by atoms with Crippen LogP contribution in [0.2, 0.25) is 0 Å². The molecule has 0 saturated carbocycles. The molecule has 4 rings (SSSR count). The van der Waals surface area contributed by atoms with Gasteiger partial charge in [0.05, 0.1) is 12.6 Å². The maximum Gasteiger partial charge on any atom is 0.407 e. The summed E-state index contributed by atoms with van der Waals surface area (Å²) in [4.78, 5) is 45.4. The summed E-state index contributed by atoms with van der Waals surface area (Å²) in [5.74, 6) is -3.09. The molecule has 1 aromatic carbocycles. The first kappa shape index (κ1) is 27.5. The zero-order chi connectivity index (χ0) is 27.5. The summed E-state index contributed by atoms with van der Waals surface area (Å²) in [5, 5.41) is 6.65. The summed E-state index contributed by atoms with van der Waals surface area (Å²) in [6, 6.07) is 7.92. The number of halogens is 2. The summed E-state index contributed by atoms with van der Waals surface area (Å²) in [6.45, 7) is 4.49. The molecule has 0 unspecified atom stereocenters. The fourth-order valence-electron chi connectivity index (χ4n) is 4.69. The van der Waals surface area contributed by atoms with Crippen LogP contribution in [-0.4, -0.2) is 75.0 Å². The lowest BCUT2D eigenvalue weighted by molar-refractivity contribution is -0.148. The van der Waals surface area contributed by atoms with E-state index < -0.39 is 48.6 Å². The van der Waals surface area contributed by atoms with E-state index in [0.29, 0.717) is 31.1 Å². The van der Waals surface area contributed by atoms with Gasteiger partial charge in [0.25, 0.3) is 5.92 Å². The predicted molar refractivity (Wildman–Crippen MR) is 132 cm³/mol. The summed E-state index contributed by atoms with van der Waals surface area (Å²) in [5.41, 5.74) is -0.0239. The first-order valence-electron chi connectivity index (χ1n) is 12.7. The van der Waals surface area contributed by atoms with Gasteiger partial charge in [-0.25, -0.2) is 13.6 Å². The van der Waals surface area contributed by atoms with E-state index in [1.54, 1.807) is 25.7 Å². The van der Waals surface area contributed by atoms with Gasteiger partial charge in [-0.05, 0) is 33.6 Å². The first-order valence-corrected chi connectivity index (χ1v) is 12.7. The highest BCUT2D eigenvalue weighted by Gasteiger charge is 2.41. The predicted octanol–water partition coefficient (Wildman–Crippen LogP) is 3.94. The van der Waals surface area contributed by atoms with Crippen LogP contribution in [0.1, 0.15) is 64.8 Å². The second kappa shape index (κ2) is 11.0. The number of hydrogen-bond donors (Lipinski definition) is 1. The molecule has 1 aromatic heterocycles. The van der Waals surface area contributed by atoms with Gasteiger partial charge in [-0.3, -0.25) is 9.59 Å². The highest BCUT2D eigenvalue weighted by molar-refractivity contribution is 5.80. The van der Waals surface area contributed by atoms with Gasteiger partial charge in [-0.1, -0.05) is 35.5 Å². The molecule has 3 heterocycles. The van der Waals surface area contributed by atoms with Crippen molar-refractivity contribution in [3.05, 3.63) is 36.2 Å². The van der Waals surface area contributed by atoms with Crippen molar-refractivity contribution in [2.45, 2.75) is 76.5 Å². The Balaban J connectivity index is 1.48. The van der Waals surface area contributed by atoms with Crippen LogP contribution >= 0.6 is 0 Å². The number of likely N-dealkylation sites (tertiary alicyclic amines) is 2. The van der Waals surface area contributed by atoms with E-state index in [-0.39, 0.29) is 25.3 Å². The monoisotopic (exact) mass is 533 g/mol. The Morgan fingerprint density at radius 1 is 1.26 bits per heavy atom. The maximum absolute atomic E-state index is 14.0. The fourth-order valence-corrected chi connectivity index (χ4v) is 4.69. The van der Waals surface area contributed by atoms with Crippen LogP contribution in [-0.2, 0) is 14.3 Å². The molecule has 2 saturated heterocycles. The van der Waals surface area contributed by atoms with Gasteiger partial charge in [-0.15, -0.1) is 0 Å². The Labute approximate surface area is 219 Å². The molecule has 2 aromatic rings. The lowest BCUT2D eigenvalue weighted by atomic mass is 10.0. The van der Waals surface area contributed by atoms with Gasteiger partial charge < -0.3 is 24.4 Å². The number of ether oxygens (including phenoxy) is 1. The van der Waals surface area contributed by atoms with Crippen LogP contribution in [0.4, 0.5) is 13.6 Å². The SMILES string of the molecule is CC(C)(C)OC(=O)N[C@@H](CC(=O)N1CCC[C@H]1c1nc(-c2ccccc2)no1)CN1CC(F)(F)CCC1=O. The van der Waals surface area contributed by atoms with Crippen LogP contribution in [0, 0.1) is 0 Å². The van der Waals surface area contributed by atoms with E-state index in [1.807, 2.05) is 30.3 Å². The van der Waals surface area contributed by atoms with Gasteiger partial charge in [0.1, 0.15) is 11.6 Å². The van der Waals surface area contributed by atoms with Gasteiger partial charge in [0, 0.05) is 37.9 Å². The normalized spacial score (nSPS) is 20.3. The number of piperidine rings is 1. The topological polar surface area (TPSA) is 118 Å². The largest absolute Gasteiger partial charge is 0.444 e. The van der Waals surface area contributed by atoms with Crippen molar-refractivity contribution in [1.29, 1.82) is 0 Å². The van der Waals surface area contributed by atoms with Gasteiger partial charge >= 0.3 is 6.09 Å². The van der Waals surface area contributed by atoms with Crippen molar-refractivity contribution >= 4 is 17.9 Å². The Bertz CT molecular complexity index is 1150. The molecule has 1 N–H and O–H groups in total. The van der Waals surface area contributed by atoms with E-state index in [1.165, 1.54) is 0 Å². The Morgan fingerprint density at radius 2 is 2.00 bits per heavy atom. The minimum Gasteiger partial charge on any atom is -0.444 e. The number of aromatic nitrogens is 2. The summed E-state index contributed by atoms with van der Waals surface area (Å²) in [7, 11) is 0. The average Bonchev–Trinajstić information content (AvgIpc) is 3.50. The second-order valence-corrected chi connectivity index (χ2v) is 10.7. The molecule has 2 atom stereocenters. The lowest BCUT2D eigenvalue weighted by Crippen LogP contribution is -2.53. The standard InChI is InChI=1S/C26H33F2N5O5/c1-25(2,3)37-24(36)29-18(15-32-16-26(27,28)12-11-20(32)34)14-21(35)33-13-7-10-19(33)23-30-22(31-38-23)17-8-5-4-6-9-17/h4-6,8-9,18-19H,7,10-16H2,1-3H3,(H,29,36)/t18-,19-/m0/s1. The van der Waals surface area contributed by atoms with Gasteiger partial charge in [0.2, 0.25) is 23.5 Å². The van der Waals surface area contributed by atoms with Gasteiger partial charge in [-0.2, -0.15) is 4.98 Å². The number of amides is 3. The highest BCUT2D eigenvalue weighted by atomic mass is 19.3. The van der Waals surface area contributed by atoms with Crippen molar-refractivity contribution < 1.29 is 32.4 Å². The second-order valence-electron chi connectivity index (χ2n) is 10.7. The molecular weight excluding hydrogens is 500 g/mol. The van der Waals surface area contributed by atoms with Crippen LogP contribution < -0.4 is 5.32 Å². The molecule has 2 aliphatic heterocycles. The van der Waals surface area contributed by atoms with Crippen molar-refractivity contribution in [2.24, 2.45) is 0 Å². The molecule has 0 bridgehead atoms. The molecular formula is C26H33F2N5O5. The van der Waals surface area contributed by atoms with E-state index in [0.717, 1.165) is 10.5 Å². The number of nitrogens with one attached hydrogen (secondary N) is 1. The number of benzene rings is 1. The molecule has 3 amide bonds. The Kier molecular flexibility index (Phi) is 7.98. The lowest BCUT2D eigenvalue weighted by Gasteiger charge is -2.35. The molecule has 206 valence electrons. The van der Waals surface area contributed by atoms with E-state index in [4.69, 9.17) is 9.26 Å². The summed E-state index contributed by atoms with van der Waals surface area (Å²) >= 11 is 0. The van der Waals surface area contributed by atoms with E-state index in [2.05, 4.69) is 15.5 Å². The smallest absolute Gasteiger partial charge is 0.407 e. The highest BCUT2D eigenvalue weighted by Crippen LogP contribution is 2.33. The zero-order valence-electron chi connectivity index (χ0n) is 21.8. The van der Waals surface area contributed by atoms with Crippen molar-refractivity contribution in [2.75, 3.05) is 19.6 Å². The van der Waals surface area contributed by atoms with Gasteiger partial charge in [0.15, 0.2) is 0 Å². The minimum absolute atomic E-state index is 0.217. The number of carbonyl (C=O) groups excluding carboxylic acids is 3. The van der Waals surface area contributed by atoms with E-state index in [9.17, 15) is 23.2 Å². The molecule has 12 heteroatoms. The minimum atomic E-state index is -3.02. The molecule has 0 radical (unpaired) electrons. The molecule has 0 spiro atoms. The molecule has 38 heavy (non-hydrogen) atoms. The average molecular weight is 534 g/mol. The first-order chi connectivity index (χ1) is 17.9. The molecule has 10 nitrogen and oxygen atoms in total. The number of nitrogens with zero attached hydrogens (tertiary/aromatic N) is 4. The third-order valence-corrected chi connectivity index (χ3v) is 6.39. The zero-order valence-corrected chi connectivity index (χ0v) is 21.8. The van der Waals surface area contributed by atoms with E-state index >= 15 is 0 Å². The molecule has 2 aliphatic rings. The van der Waals surface area contributed by atoms with Crippen LogP contribution in [0.15, 0.2) is 34.9 Å². The fraction of sp³-hybridized carbons (Fsp3) is 0.577. The number of alkyl halides is 2. The van der Waals surface area contributed by atoms with Crippen molar-refractivity contribution in [3.63, 3.8) is 0 Å². The number of carbonyl (C=O) groups is 3. The summed E-state index contributed by atoms with van der Waals surface area (Å²) in [6.07, 6.45) is -0.506. The number of hydrogen-bond acceptors (Lipinski definition) is 7. The third kappa shape index (κ3) is 7.05. The van der Waals surface area contributed by atoms with Crippen LogP contribution in [0.3, 0.4) is 0 Å². The van der Waals surface area contributed by atoms with Crippen LogP contribution in [0.5, 0.6) is 0 Å². The van der Waals surface area contributed by atoms with Crippen molar-refractivity contribution in [3.8, 4) is 11.4 Å². The quantitative estimate of drug-likeness (QED) is 0.573. The maximum atomic E-state index is 14.0. The molecule has 0 aliphatic carbocycles. The van der Waals surface area contributed by atoms with Crippen LogP contribution in [0.25, 0.3) is 11.4 Å². The third-order valence-electron chi connectivity index (χ3n) is 6.39. The summed E-state index contributed by atoms with van der Waals surface area (Å²) < 4.78 is 38.9. The molecule has 2 fully saturated rings. The Hall–Kier alpha value is -3.57. The number of rotatable bonds is 7. The Morgan fingerprint density at radius 3 is 2.71 bits per heavy atom. The number of alkyl carbamates (subject to hydrolysis) is 1. The van der Waals surface area contributed by atoms with Crippen molar-refractivity contribution in [1.82, 2.24) is 25.3 Å².